The summed E-state index contributed by atoms with van der Waals surface area (Å²) in [7, 11) is 0. The summed E-state index contributed by atoms with van der Waals surface area (Å²) in [4.78, 5) is 11.1. The number of para-hydroxylation sites is 1. The van der Waals surface area contributed by atoms with E-state index in [-0.39, 0.29) is 5.91 Å². The van der Waals surface area contributed by atoms with Crippen LogP contribution in [-0.2, 0) is 11.2 Å². The largest absolute Gasteiger partial charge is 0.382 e. The summed E-state index contributed by atoms with van der Waals surface area (Å²) < 4.78 is 0. The molecule has 3 heteroatoms. The van der Waals surface area contributed by atoms with Crippen LogP contribution in [0.4, 0.5) is 5.69 Å². The lowest BCUT2D eigenvalue weighted by atomic mass is 10.1. The standard InChI is InChI=1S/C17H28N2O/c1-3-4-5-6-7-10-14(2)19-16-12-9-8-11-15(16)13-17(18)20/h8-9,11-12,14,19H,3-7,10,13H2,1-2H3,(H2,18,20). The number of anilines is 1. The van der Waals surface area contributed by atoms with E-state index in [1.54, 1.807) is 0 Å². The second-order valence-corrected chi connectivity index (χ2v) is 5.55. The molecule has 0 heterocycles. The Kier molecular flexibility index (Phi) is 7.78. The van der Waals surface area contributed by atoms with Crippen molar-refractivity contribution in [1.29, 1.82) is 0 Å². The number of hydrogen-bond acceptors (Lipinski definition) is 2. The van der Waals surface area contributed by atoms with Crippen LogP contribution < -0.4 is 11.1 Å². The van der Waals surface area contributed by atoms with Gasteiger partial charge in [-0.15, -0.1) is 0 Å². The first-order chi connectivity index (χ1) is 9.63. The van der Waals surface area contributed by atoms with Crippen LogP contribution in [0.15, 0.2) is 24.3 Å². The maximum absolute atomic E-state index is 11.1. The average molecular weight is 276 g/mol. The fourth-order valence-corrected chi connectivity index (χ4v) is 2.39. The van der Waals surface area contributed by atoms with Gasteiger partial charge in [-0.3, -0.25) is 4.79 Å². The van der Waals surface area contributed by atoms with Crippen molar-refractivity contribution in [3.05, 3.63) is 29.8 Å². The third-order valence-corrected chi connectivity index (χ3v) is 3.52. The number of hydrogen-bond donors (Lipinski definition) is 2. The molecule has 1 aromatic carbocycles. The van der Waals surface area contributed by atoms with Gasteiger partial charge in [-0.2, -0.15) is 0 Å². The lowest BCUT2D eigenvalue weighted by Gasteiger charge is -2.17. The third kappa shape index (κ3) is 6.60. The van der Waals surface area contributed by atoms with Crippen molar-refractivity contribution in [3.8, 4) is 0 Å². The zero-order valence-electron chi connectivity index (χ0n) is 12.8. The zero-order valence-corrected chi connectivity index (χ0v) is 12.8. The summed E-state index contributed by atoms with van der Waals surface area (Å²) in [5, 5.41) is 3.50. The number of carbonyl (C=O) groups excluding carboxylic acids is 1. The number of primary amides is 1. The number of nitrogens with two attached hydrogens (primary N) is 1. The fraction of sp³-hybridized carbons (Fsp3) is 0.588. The predicted molar refractivity (Wildman–Crippen MR) is 85.8 cm³/mol. The van der Waals surface area contributed by atoms with Crippen molar-refractivity contribution < 1.29 is 4.79 Å². The van der Waals surface area contributed by atoms with Crippen LogP contribution in [0.5, 0.6) is 0 Å². The van der Waals surface area contributed by atoms with Gasteiger partial charge >= 0.3 is 0 Å². The summed E-state index contributed by atoms with van der Waals surface area (Å²) in [6.45, 7) is 4.43. The van der Waals surface area contributed by atoms with Crippen LogP contribution in [0.2, 0.25) is 0 Å². The van der Waals surface area contributed by atoms with Crippen LogP contribution in [-0.4, -0.2) is 11.9 Å². The minimum atomic E-state index is -0.286. The summed E-state index contributed by atoms with van der Waals surface area (Å²) in [6, 6.07) is 8.33. The highest BCUT2D eigenvalue weighted by molar-refractivity contribution is 5.78. The van der Waals surface area contributed by atoms with Gasteiger partial charge in [0.2, 0.25) is 5.91 Å². The molecule has 0 fully saturated rings. The molecule has 1 aromatic rings. The Morgan fingerprint density at radius 2 is 1.90 bits per heavy atom. The molecule has 0 aliphatic carbocycles. The number of nitrogens with one attached hydrogen (secondary N) is 1. The molecule has 0 spiro atoms. The van der Waals surface area contributed by atoms with Gasteiger partial charge in [-0.25, -0.2) is 0 Å². The van der Waals surface area contributed by atoms with Crippen LogP contribution in [0.1, 0.15) is 57.9 Å². The van der Waals surface area contributed by atoms with E-state index in [1.807, 2.05) is 24.3 Å². The Morgan fingerprint density at radius 3 is 2.60 bits per heavy atom. The molecule has 0 aromatic heterocycles. The molecule has 1 atom stereocenters. The first-order valence-corrected chi connectivity index (χ1v) is 7.76. The van der Waals surface area contributed by atoms with Crippen LogP contribution in [0.25, 0.3) is 0 Å². The predicted octanol–water partition coefficient (Wildman–Crippen LogP) is 3.88. The second-order valence-electron chi connectivity index (χ2n) is 5.55. The number of rotatable bonds is 10. The Labute approximate surface area is 122 Å². The summed E-state index contributed by atoms with van der Waals surface area (Å²) in [5.41, 5.74) is 7.30. The van der Waals surface area contributed by atoms with Crippen LogP contribution >= 0.6 is 0 Å². The van der Waals surface area contributed by atoms with Crippen molar-refractivity contribution in [3.63, 3.8) is 0 Å². The normalized spacial score (nSPS) is 12.1. The molecule has 0 radical (unpaired) electrons. The molecule has 1 unspecified atom stereocenters. The molecule has 3 nitrogen and oxygen atoms in total. The molecule has 0 saturated carbocycles. The number of carbonyl (C=O) groups is 1. The van der Waals surface area contributed by atoms with E-state index < -0.39 is 0 Å². The molecule has 112 valence electrons. The molecular weight excluding hydrogens is 248 g/mol. The average Bonchev–Trinajstić information content (AvgIpc) is 2.40. The lowest BCUT2D eigenvalue weighted by molar-refractivity contribution is -0.117. The van der Waals surface area contributed by atoms with Gasteiger partial charge in [0.1, 0.15) is 0 Å². The van der Waals surface area contributed by atoms with Crippen molar-refractivity contribution in [2.45, 2.75) is 64.8 Å². The van der Waals surface area contributed by atoms with Gasteiger partial charge in [0.15, 0.2) is 0 Å². The number of benzene rings is 1. The Bertz CT molecular complexity index is 404. The number of unbranched alkanes of at least 4 members (excludes halogenated alkanes) is 4. The molecule has 20 heavy (non-hydrogen) atoms. The molecule has 0 bridgehead atoms. The van der Waals surface area contributed by atoms with Crippen LogP contribution in [0.3, 0.4) is 0 Å². The van der Waals surface area contributed by atoms with Crippen LogP contribution in [0, 0.1) is 0 Å². The van der Waals surface area contributed by atoms with E-state index in [0.29, 0.717) is 12.5 Å². The maximum Gasteiger partial charge on any atom is 0.221 e. The third-order valence-electron chi connectivity index (χ3n) is 3.52. The number of amides is 1. The Morgan fingerprint density at radius 1 is 1.20 bits per heavy atom. The summed E-state index contributed by atoms with van der Waals surface area (Å²) >= 11 is 0. The van der Waals surface area contributed by atoms with Gasteiger partial charge in [0.05, 0.1) is 6.42 Å². The van der Waals surface area contributed by atoms with Gasteiger partial charge in [0.25, 0.3) is 0 Å². The SMILES string of the molecule is CCCCCCCC(C)Nc1ccccc1CC(N)=O. The van der Waals surface area contributed by atoms with Crippen molar-refractivity contribution in [2.75, 3.05) is 5.32 Å². The molecule has 0 aliphatic rings. The topological polar surface area (TPSA) is 55.1 Å². The first-order valence-electron chi connectivity index (χ1n) is 7.76. The maximum atomic E-state index is 11.1. The fourth-order valence-electron chi connectivity index (χ4n) is 2.39. The molecule has 0 aliphatic heterocycles. The zero-order chi connectivity index (χ0) is 14.8. The molecule has 1 amide bonds. The molecule has 0 saturated heterocycles. The first kappa shape index (κ1) is 16.5. The van der Waals surface area contributed by atoms with E-state index in [4.69, 9.17) is 5.73 Å². The monoisotopic (exact) mass is 276 g/mol. The van der Waals surface area contributed by atoms with Gasteiger partial charge < -0.3 is 11.1 Å². The van der Waals surface area contributed by atoms with Gasteiger partial charge in [0, 0.05) is 11.7 Å². The van der Waals surface area contributed by atoms with E-state index >= 15 is 0 Å². The quantitative estimate of drug-likeness (QED) is 0.637. The lowest BCUT2D eigenvalue weighted by Crippen LogP contribution is -2.19. The van der Waals surface area contributed by atoms with Gasteiger partial charge in [-0.05, 0) is 25.0 Å². The Balaban J connectivity index is 2.41. The van der Waals surface area contributed by atoms with Crippen molar-refractivity contribution in [1.82, 2.24) is 0 Å². The summed E-state index contributed by atoms with van der Waals surface area (Å²) in [6.07, 6.45) is 7.98. The Hall–Kier alpha value is -1.51. The molecule has 3 N–H and O–H groups in total. The van der Waals surface area contributed by atoms with E-state index in [0.717, 1.165) is 17.7 Å². The van der Waals surface area contributed by atoms with E-state index in [9.17, 15) is 4.79 Å². The van der Waals surface area contributed by atoms with Crippen molar-refractivity contribution >= 4 is 11.6 Å². The highest BCUT2D eigenvalue weighted by Crippen LogP contribution is 2.18. The minimum absolute atomic E-state index is 0.286. The van der Waals surface area contributed by atoms with E-state index in [1.165, 1.54) is 32.1 Å². The van der Waals surface area contributed by atoms with Crippen molar-refractivity contribution in [2.24, 2.45) is 5.73 Å². The summed E-state index contributed by atoms with van der Waals surface area (Å²) in [5.74, 6) is -0.286. The highest BCUT2D eigenvalue weighted by Gasteiger charge is 2.07. The molecular formula is C17H28N2O. The van der Waals surface area contributed by atoms with Gasteiger partial charge in [-0.1, -0.05) is 57.2 Å². The smallest absolute Gasteiger partial charge is 0.221 e. The highest BCUT2D eigenvalue weighted by atomic mass is 16.1. The molecule has 1 rings (SSSR count). The second kappa shape index (κ2) is 9.40. The minimum Gasteiger partial charge on any atom is -0.382 e. The van der Waals surface area contributed by atoms with E-state index in [2.05, 4.69) is 19.2 Å².